The Morgan fingerprint density at radius 1 is 1.10 bits per heavy atom. The predicted molar refractivity (Wildman–Crippen MR) is 123 cm³/mol. The zero-order valence-electron chi connectivity index (χ0n) is 18.0. The molecule has 0 radical (unpaired) electrons. The van der Waals surface area contributed by atoms with Crippen molar-refractivity contribution in [3.8, 4) is 5.75 Å². The number of amides is 1. The molecule has 0 aliphatic rings. The maximum Gasteiger partial charge on any atom is 0.227 e. The lowest BCUT2D eigenvalue weighted by Crippen LogP contribution is -2.32. The monoisotopic (exact) mass is 422 g/mol. The summed E-state index contributed by atoms with van der Waals surface area (Å²) in [4.78, 5) is 19.4. The highest BCUT2D eigenvalue weighted by Gasteiger charge is 2.16. The smallest absolute Gasteiger partial charge is 0.227 e. The van der Waals surface area contributed by atoms with Gasteiger partial charge in [0, 0.05) is 11.9 Å². The van der Waals surface area contributed by atoms with Gasteiger partial charge in [0.1, 0.15) is 17.4 Å². The molecule has 0 saturated carbocycles. The van der Waals surface area contributed by atoms with Gasteiger partial charge in [-0.15, -0.1) is 11.3 Å². The second kappa shape index (κ2) is 10.9. The molecular weight excluding hydrogens is 392 g/mol. The molecule has 0 atom stereocenters. The van der Waals surface area contributed by atoms with Crippen molar-refractivity contribution >= 4 is 17.2 Å². The van der Waals surface area contributed by atoms with Crippen LogP contribution in [0.4, 0.5) is 0 Å². The van der Waals surface area contributed by atoms with Crippen LogP contribution >= 0.6 is 11.3 Å². The molecule has 30 heavy (non-hydrogen) atoms. The number of aromatic nitrogens is 1. The van der Waals surface area contributed by atoms with Crippen LogP contribution in [0, 0.1) is 0 Å². The maximum atomic E-state index is 12.8. The summed E-state index contributed by atoms with van der Waals surface area (Å²) in [5, 5.41) is 2.96. The second-order valence-corrected chi connectivity index (χ2v) is 8.63. The first-order valence-corrected chi connectivity index (χ1v) is 11.4. The SMILES string of the molecule is CCCN(Cc1csc(COc2ccccc2C(C)C)n1)C(=O)Cc1ccccc1. The van der Waals surface area contributed by atoms with Crippen molar-refractivity contribution < 1.29 is 9.53 Å². The predicted octanol–water partition coefficient (Wildman–Crippen LogP) is 5.83. The maximum absolute atomic E-state index is 12.8. The molecule has 1 heterocycles. The van der Waals surface area contributed by atoms with E-state index >= 15 is 0 Å². The number of carbonyl (C=O) groups is 1. The largest absolute Gasteiger partial charge is 0.486 e. The van der Waals surface area contributed by atoms with E-state index in [-0.39, 0.29) is 5.91 Å². The highest BCUT2D eigenvalue weighted by atomic mass is 32.1. The van der Waals surface area contributed by atoms with Crippen molar-refractivity contribution in [1.29, 1.82) is 0 Å². The molecule has 0 saturated heterocycles. The van der Waals surface area contributed by atoms with Gasteiger partial charge in [-0.1, -0.05) is 69.3 Å². The molecule has 1 aromatic heterocycles. The van der Waals surface area contributed by atoms with Crippen molar-refractivity contribution in [2.24, 2.45) is 0 Å². The Bertz CT molecular complexity index is 937. The summed E-state index contributed by atoms with van der Waals surface area (Å²) in [6, 6.07) is 18.0. The van der Waals surface area contributed by atoms with Crippen molar-refractivity contribution in [1.82, 2.24) is 9.88 Å². The zero-order chi connectivity index (χ0) is 21.3. The number of carbonyl (C=O) groups excluding carboxylic acids is 1. The molecule has 2 aromatic carbocycles. The Hall–Kier alpha value is -2.66. The fourth-order valence-corrected chi connectivity index (χ4v) is 4.05. The van der Waals surface area contributed by atoms with Gasteiger partial charge in [0.2, 0.25) is 5.91 Å². The first-order valence-electron chi connectivity index (χ1n) is 10.5. The third-order valence-corrected chi connectivity index (χ3v) is 5.76. The van der Waals surface area contributed by atoms with Gasteiger partial charge in [-0.05, 0) is 29.5 Å². The van der Waals surface area contributed by atoms with E-state index in [1.165, 1.54) is 5.56 Å². The molecule has 0 aliphatic heterocycles. The highest BCUT2D eigenvalue weighted by molar-refractivity contribution is 7.09. The van der Waals surface area contributed by atoms with Crippen molar-refractivity contribution in [2.75, 3.05) is 6.54 Å². The minimum absolute atomic E-state index is 0.139. The van der Waals surface area contributed by atoms with Gasteiger partial charge in [-0.2, -0.15) is 0 Å². The molecule has 0 N–H and O–H groups in total. The van der Waals surface area contributed by atoms with E-state index in [1.807, 2.05) is 58.8 Å². The lowest BCUT2D eigenvalue weighted by molar-refractivity contribution is -0.131. The third kappa shape index (κ3) is 6.17. The van der Waals surface area contributed by atoms with Crippen LogP contribution < -0.4 is 4.74 Å². The normalized spacial score (nSPS) is 10.9. The van der Waals surface area contributed by atoms with Crippen molar-refractivity contribution in [3.63, 3.8) is 0 Å². The molecule has 0 unspecified atom stereocenters. The van der Waals surface area contributed by atoms with Gasteiger partial charge in [0.15, 0.2) is 0 Å². The van der Waals surface area contributed by atoms with Crippen LogP contribution in [0.15, 0.2) is 60.0 Å². The average molecular weight is 423 g/mol. The van der Waals surface area contributed by atoms with Crippen LogP contribution in [-0.4, -0.2) is 22.3 Å². The first-order chi connectivity index (χ1) is 14.6. The quantitative estimate of drug-likeness (QED) is 0.413. The van der Waals surface area contributed by atoms with E-state index in [1.54, 1.807) is 11.3 Å². The van der Waals surface area contributed by atoms with Gasteiger partial charge in [0.05, 0.1) is 18.7 Å². The summed E-state index contributed by atoms with van der Waals surface area (Å²) >= 11 is 1.58. The number of rotatable bonds is 10. The van der Waals surface area contributed by atoms with E-state index in [4.69, 9.17) is 9.72 Å². The van der Waals surface area contributed by atoms with Crippen LogP contribution in [-0.2, 0) is 24.4 Å². The molecule has 0 bridgehead atoms. The van der Waals surface area contributed by atoms with Gasteiger partial charge in [-0.3, -0.25) is 4.79 Å². The van der Waals surface area contributed by atoms with Gasteiger partial charge >= 0.3 is 0 Å². The second-order valence-electron chi connectivity index (χ2n) is 7.69. The fraction of sp³-hybridized carbons (Fsp3) is 0.360. The molecule has 4 nitrogen and oxygen atoms in total. The summed E-state index contributed by atoms with van der Waals surface area (Å²) < 4.78 is 6.04. The Balaban J connectivity index is 1.61. The lowest BCUT2D eigenvalue weighted by Gasteiger charge is -2.21. The summed E-state index contributed by atoms with van der Waals surface area (Å²) in [6.07, 6.45) is 1.35. The number of hydrogen-bond donors (Lipinski definition) is 0. The number of para-hydroxylation sites is 1. The van der Waals surface area contributed by atoms with E-state index in [0.29, 0.717) is 25.5 Å². The topological polar surface area (TPSA) is 42.4 Å². The first kappa shape index (κ1) is 22.0. The van der Waals surface area contributed by atoms with Crippen molar-refractivity contribution in [3.05, 3.63) is 81.8 Å². The molecule has 3 aromatic rings. The fourth-order valence-electron chi connectivity index (χ4n) is 3.36. The van der Waals surface area contributed by atoms with Gasteiger partial charge in [0.25, 0.3) is 0 Å². The van der Waals surface area contributed by atoms with Gasteiger partial charge in [-0.25, -0.2) is 4.98 Å². The van der Waals surface area contributed by atoms with Crippen LogP contribution in [0.3, 0.4) is 0 Å². The van der Waals surface area contributed by atoms with E-state index in [9.17, 15) is 4.79 Å². The highest BCUT2D eigenvalue weighted by Crippen LogP contribution is 2.27. The summed E-state index contributed by atoms with van der Waals surface area (Å²) in [7, 11) is 0. The minimum atomic E-state index is 0.139. The number of ether oxygens (including phenoxy) is 1. The summed E-state index contributed by atoms with van der Waals surface area (Å²) in [5.74, 6) is 1.46. The molecule has 3 rings (SSSR count). The standard InChI is InChI=1S/C25H30N2O2S/c1-4-14-27(25(28)15-20-10-6-5-7-11-20)16-21-18-30-24(26-21)17-29-23-13-9-8-12-22(23)19(2)3/h5-13,18-19H,4,14-17H2,1-3H3. The summed E-state index contributed by atoms with van der Waals surface area (Å²) in [5.41, 5.74) is 3.17. The zero-order valence-corrected chi connectivity index (χ0v) is 18.8. The molecule has 0 aliphatic carbocycles. The van der Waals surface area contributed by atoms with Crippen LogP contribution in [0.2, 0.25) is 0 Å². The Kier molecular flexibility index (Phi) is 8.03. The van der Waals surface area contributed by atoms with E-state index < -0.39 is 0 Å². The van der Waals surface area contributed by atoms with Crippen LogP contribution in [0.1, 0.15) is 54.9 Å². The van der Waals surface area contributed by atoms with Crippen LogP contribution in [0.25, 0.3) is 0 Å². The number of nitrogens with zero attached hydrogens (tertiary/aromatic N) is 2. The van der Waals surface area contributed by atoms with Gasteiger partial charge < -0.3 is 9.64 Å². The molecule has 5 heteroatoms. The summed E-state index contributed by atoms with van der Waals surface area (Å²) in [6.45, 7) is 8.14. The Labute approximate surface area is 183 Å². The molecule has 158 valence electrons. The third-order valence-electron chi connectivity index (χ3n) is 4.89. The van der Waals surface area contributed by atoms with E-state index in [0.717, 1.165) is 35.0 Å². The molecular formula is C25H30N2O2S. The lowest BCUT2D eigenvalue weighted by atomic mass is 10.0. The number of thiazole rings is 1. The number of benzene rings is 2. The Morgan fingerprint density at radius 3 is 2.57 bits per heavy atom. The van der Waals surface area contributed by atoms with Crippen molar-refractivity contribution in [2.45, 2.75) is 52.7 Å². The number of hydrogen-bond acceptors (Lipinski definition) is 4. The Morgan fingerprint density at radius 2 is 1.83 bits per heavy atom. The van der Waals surface area contributed by atoms with Crippen LogP contribution in [0.5, 0.6) is 5.75 Å². The molecule has 1 amide bonds. The molecule has 0 fully saturated rings. The minimum Gasteiger partial charge on any atom is -0.486 e. The average Bonchev–Trinajstić information content (AvgIpc) is 3.20. The van der Waals surface area contributed by atoms with E-state index in [2.05, 4.69) is 26.8 Å². The molecule has 0 spiro atoms.